The molecule has 0 spiro atoms. The van der Waals surface area contributed by atoms with Gasteiger partial charge in [-0.1, -0.05) is 23.7 Å². The van der Waals surface area contributed by atoms with Gasteiger partial charge in [0.15, 0.2) is 0 Å². The Morgan fingerprint density at radius 3 is 2.86 bits per heavy atom. The molecule has 2 aromatic rings. The van der Waals surface area contributed by atoms with Gasteiger partial charge in [-0.2, -0.15) is 0 Å². The van der Waals surface area contributed by atoms with Crippen LogP contribution >= 0.6 is 34.2 Å². The molecule has 2 aromatic carbocycles. The Kier molecular flexibility index (Phi) is 4.35. The van der Waals surface area contributed by atoms with Crippen LogP contribution in [0, 0.1) is 3.57 Å². The summed E-state index contributed by atoms with van der Waals surface area (Å²) in [5.41, 5.74) is 1.41. The van der Waals surface area contributed by atoms with E-state index >= 15 is 0 Å². The maximum absolute atomic E-state index is 12.8. The molecule has 0 atom stereocenters. The van der Waals surface area contributed by atoms with Gasteiger partial charge in [-0.3, -0.25) is 4.79 Å². The first-order valence-corrected chi connectivity index (χ1v) is 8.11. The van der Waals surface area contributed by atoms with Crippen molar-refractivity contribution in [3.8, 4) is 5.75 Å². The molecule has 1 heterocycles. The number of hydrogen-bond donors (Lipinski definition) is 0. The van der Waals surface area contributed by atoms with Crippen LogP contribution in [-0.2, 0) is 0 Å². The molecule has 0 fully saturated rings. The molecule has 0 unspecified atom stereocenters. The Hall–Kier alpha value is -1.27. The van der Waals surface area contributed by atoms with Gasteiger partial charge in [0, 0.05) is 15.7 Å². The van der Waals surface area contributed by atoms with Gasteiger partial charge in [0.1, 0.15) is 5.75 Å². The van der Waals surface area contributed by atoms with Crippen molar-refractivity contribution < 1.29 is 9.53 Å². The third-order valence-electron chi connectivity index (χ3n) is 3.35. The zero-order valence-corrected chi connectivity index (χ0v) is 14.1. The Morgan fingerprint density at radius 2 is 2.05 bits per heavy atom. The summed E-state index contributed by atoms with van der Waals surface area (Å²) in [6.07, 6.45) is 0.804. The van der Waals surface area contributed by atoms with Crippen LogP contribution in [-0.4, -0.2) is 19.1 Å². The largest absolute Gasteiger partial charge is 0.491 e. The number of hydrogen-bond acceptors (Lipinski definition) is 2. The van der Waals surface area contributed by atoms with Crippen LogP contribution < -0.4 is 9.64 Å². The Morgan fingerprint density at radius 1 is 1.24 bits per heavy atom. The third-order valence-corrected chi connectivity index (χ3v) is 4.92. The minimum Gasteiger partial charge on any atom is -0.491 e. The van der Waals surface area contributed by atoms with Gasteiger partial charge >= 0.3 is 0 Å². The monoisotopic (exact) mass is 413 g/mol. The highest BCUT2D eigenvalue weighted by Crippen LogP contribution is 2.32. The summed E-state index contributed by atoms with van der Waals surface area (Å²) < 4.78 is 6.62. The Balaban J connectivity index is 1.99. The lowest BCUT2D eigenvalue weighted by Gasteiger charge is -2.22. The number of amides is 1. The van der Waals surface area contributed by atoms with E-state index < -0.39 is 0 Å². The van der Waals surface area contributed by atoms with Gasteiger partial charge in [-0.15, -0.1) is 0 Å². The molecule has 0 saturated carbocycles. The number of anilines is 1. The van der Waals surface area contributed by atoms with Crippen LogP contribution in [0.3, 0.4) is 0 Å². The summed E-state index contributed by atoms with van der Waals surface area (Å²) in [5, 5.41) is 0.598. The summed E-state index contributed by atoms with van der Waals surface area (Å²) in [5.74, 6) is 0.700. The summed E-state index contributed by atoms with van der Waals surface area (Å²) in [6.45, 7) is 1.26. The standard InChI is InChI=1S/C16H13ClINO2/c17-12-10-11(6-7-13(12)18)16(20)19-8-3-9-21-15-5-2-1-4-14(15)19/h1-2,4-7,10H,3,8-9H2. The maximum Gasteiger partial charge on any atom is 0.258 e. The Labute approximate surface area is 142 Å². The molecule has 3 nitrogen and oxygen atoms in total. The maximum atomic E-state index is 12.8. The minimum atomic E-state index is -0.0498. The van der Waals surface area contributed by atoms with E-state index in [1.54, 1.807) is 11.0 Å². The van der Waals surface area contributed by atoms with E-state index in [2.05, 4.69) is 22.6 Å². The van der Waals surface area contributed by atoms with Crippen molar-refractivity contribution in [1.29, 1.82) is 0 Å². The normalized spacial score (nSPS) is 14.1. The number of nitrogens with zero attached hydrogens (tertiary/aromatic N) is 1. The average molecular weight is 414 g/mol. The van der Waals surface area contributed by atoms with E-state index in [1.165, 1.54) is 0 Å². The number of ether oxygens (including phenoxy) is 1. The summed E-state index contributed by atoms with van der Waals surface area (Å²) >= 11 is 8.27. The van der Waals surface area contributed by atoms with Crippen LogP contribution in [0.5, 0.6) is 5.75 Å². The molecule has 1 aliphatic rings. The predicted molar refractivity (Wildman–Crippen MR) is 92.4 cm³/mol. The number of carbonyl (C=O) groups is 1. The first-order valence-electron chi connectivity index (χ1n) is 6.65. The van der Waals surface area contributed by atoms with Gasteiger partial charge in [0.05, 0.1) is 17.3 Å². The highest BCUT2D eigenvalue weighted by molar-refractivity contribution is 14.1. The van der Waals surface area contributed by atoms with Gasteiger partial charge in [0.25, 0.3) is 5.91 Å². The predicted octanol–water partition coefficient (Wildman–Crippen LogP) is 4.37. The molecule has 3 rings (SSSR count). The summed E-state index contributed by atoms with van der Waals surface area (Å²) in [6, 6.07) is 13.0. The van der Waals surface area contributed by atoms with E-state index in [0.29, 0.717) is 23.7 Å². The summed E-state index contributed by atoms with van der Waals surface area (Å²) in [4.78, 5) is 14.6. The van der Waals surface area contributed by atoms with Gasteiger partial charge in [-0.25, -0.2) is 0 Å². The van der Waals surface area contributed by atoms with E-state index in [-0.39, 0.29) is 5.91 Å². The molecule has 21 heavy (non-hydrogen) atoms. The Bertz CT molecular complexity index is 690. The second-order valence-electron chi connectivity index (χ2n) is 4.76. The first kappa shape index (κ1) is 14.7. The fourth-order valence-electron chi connectivity index (χ4n) is 2.32. The summed E-state index contributed by atoms with van der Waals surface area (Å²) in [7, 11) is 0. The molecule has 0 bridgehead atoms. The zero-order valence-electron chi connectivity index (χ0n) is 11.2. The van der Waals surface area contributed by atoms with Crippen molar-refractivity contribution in [2.45, 2.75) is 6.42 Å². The second-order valence-corrected chi connectivity index (χ2v) is 6.32. The van der Waals surface area contributed by atoms with Crippen LogP contribution in [0.1, 0.15) is 16.8 Å². The topological polar surface area (TPSA) is 29.5 Å². The third kappa shape index (κ3) is 3.01. The van der Waals surface area contributed by atoms with Crippen LogP contribution in [0.15, 0.2) is 42.5 Å². The first-order chi connectivity index (χ1) is 10.2. The number of fused-ring (bicyclic) bond motifs is 1. The molecule has 0 N–H and O–H groups in total. The fraction of sp³-hybridized carbons (Fsp3) is 0.188. The molecule has 1 amide bonds. The van der Waals surface area contributed by atoms with Crippen molar-refractivity contribution in [1.82, 2.24) is 0 Å². The van der Waals surface area contributed by atoms with Gasteiger partial charge in [0.2, 0.25) is 0 Å². The lowest BCUT2D eigenvalue weighted by molar-refractivity contribution is 0.0987. The molecule has 0 aromatic heterocycles. The second kappa shape index (κ2) is 6.23. The molecule has 0 saturated heterocycles. The average Bonchev–Trinajstić information content (AvgIpc) is 2.71. The number of benzene rings is 2. The quantitative estimate of drug-likeness (QED) is 0.650. The highest BCUT2D eigenvalue weighted by atomic mass is 127. The van der Waals surface area contributed by atoms with Gasteiger partial charge < -0.3 is 9.64 Å². The zero-order chi connectivity index (χ0) is 14.8. The van der Waals surface area contributed by atoms with Crippen molar-refractivity contribution in [3.05, 3.63) is 56.6 Å². The molecule has 5 heteroatoms. The number of carbonyl (C=O) groups excluding carboxylic acids is 1. The number of halogens is 2. The van der Waals surface area contributed by atoms with Crippen LogP contribution in [0.4, 0.5) is 5.69 Å². The van der Waals surface area contributed by atoms with Crippen LogP contribution in [0.25, 0.3) is 0 Å². The molecular weight excluding hydrogens is 401 g/mol. The van der Waals surface area contributed by atoms with Gasteiger partial charge in [-0.05, 0) is 59.3 Å². The van der Waals surface area contributed by atoms with E-state index in [9.17, 15) is 4.79 Å². The molecular formula is C16H13ClINO2. The molecule has 108 valence electrons. The van der Waals surface area contributed by atoms with E-state index in [0.717, 1.165) is 21.4 Å². The van der Waals surface area contributed by atoms with Crippen molar-refractivity contribution in [2.75, 3.05) is 18.1 Å². The number of para-hydroxylation sites is 2. The fourth-order valence-corrected chi connectivity index (χ4v) is 2.84. The van der Waals surface area contributed by atoms with E-state index in [1.807, 2.05) is 36.4 Å². The lowest BCUT2D eigenvalue weighted by Crippen LogP contribution is -2.31. The minimum absolute atomic E-state index is 0.0498. The lowest BCUT2D eigenvalue weighted by atomic mass is 10.1. The molecule has 0 aliphatic carbocycles. The smallest absolute Gasteiger partial charge is 0.258 e. The molecule has 1 aliphatic heterocycles. The van der Waals surface area contributed by atoms with Crippen molar-refractivity contribution in [2.24, 2.45) is 0 Å². The van der Waals surface area contributed by atoms with Crippen molar-refractivity contribution >= 4 is 45.8 Å². The SMILES string of the molecule is O=C(c1ccc(I)c(Cl)c1)N1CCCOc2ccccc21. The van der Waals surface area contributed by atoms with Crippen LogP contribution in [0.2, 0.25) is 5.02 Å². The van der Waals surface area contributed by atoms with Crippen molar-refractivity contribution in [3.63, 3.8) is 0 Å². The molecule has 0 radical (unpaired) electrons. The number of rotatable bonds is 1. The highest BCUT2D eigenvalue weighted by Gasteiger charge is 2.23. The van der Waals surface area contributed by atoms with E-state index in [4.69, 9.17) is 16.3 Å².